The van der Waals surface area contributed by atoms with Crippen molar-refractivity contribution in [2.45, 2.75) is 13.5 Å². The van der Waals surface area contributed by atoms with E-state index in [1.807, 2.05) is 12.1 Å². The Balaban J connectivity index is 1.56. The van der Waals surface area contributed by atoms with E-state index in [0.717, 1.165) is 11.3 Å². The molecule has 142 valence electrons. The highest BCUT2D eigenvalue weighted by Gasteiger charge is 2.09. The van der Waals surface area contributed by atoms with Gasteiger partial charge in [-0.1, -0.05) is 0 Å². The number of rotatable bonds is 7. The standard InChI is InChI=1S/C20H19N5O3/c1-2-28-20(27)15-3-5-16(6-4-15)25-18-13-22-17(12-23-18)19(26)24-11-14-7-9-21-10-8-14/h3-10,12-13H,2,11H2,1H3,(H,23,25)(H,24,26). The molecule has 0 bridgehead atoms. The molecule has 0 saturated carbocycles. The minimum Gasteiger partial charge on any atom is -0.462 e. The first-order valence-electron chi connectivity index (χ1n) is 8.69. The van der Waals surface area contributed by atoms with E-state index in [2.05, 4.69) is 25.6 Å². The van der Waals surface area contributed by atoms with Crippen LogP contribution in [0, 0.1) is 0 Å². The number of aromatic nitrogens is 3. The summed E-state index contributed by atoms with van der Waals surface area (Å²) in [6.07, 6.45) is 6.21. The predicted molar refractivity (Wildman–Crippen MR) is 103 cm³/mol. The first-order chi connectivity index (χ1) is 13.7. The highest BCUT2D eigenvalue weighted by molar-refractivity contribution is 5.92. The van der Waals surface area contributed by atoms with Gasteiger partial charge in [0.1, 0.15) is 11.5 Å². The molecule has 2 aromatic heterocycles. The molecule has 0 aliphatic rings. The molecule has 0 fully saturated rings. The van der Waals surface area contributed by atoms with Gasteiger partial charge in [-0.3, -0.25) is 9.78 Å². The number of carbonyl (C=O) groups is 2. The monoisotopic (exact) mass is 377 g/mol. The molecule has 2 heterocycles. The summed E-state index contributed by atoms with van der Waals surface area (Å²) in [4.78, 5) is 36.1. The van der Waals surface area contributed by atoms with Crippen LogP contribution in [0.15, 0.2) is 61.2 Å². The van der Waals surface area contributed by atoms with Gasteiger partial charge in [-0.2, -0.15) is 0 Å². The molecule has 1 aromatic carbocycles. The van der Waals surface area contributed by atoms with Gasteiger partial charge in [-0.25, -0.2) is 14.8 Å². The molecule has 3 aromatic rings. The van der Waals surface area contributed by atoms with Gasteiger partial charge in [0.25, 0.3) is 5.91 Å². The van der Waals surface area contributed by atoms with Crippen molar-refractivity contribution in [1.29, 1.82) is 0 Å². The summed E-state index contributed by atoms with van der Waals surface area (Å²) in [5.74, 6) is -0.194. The van der Waals surface area contributed by atoms with Gasteiger partial charge < -0.3 is 15.4 Å². The maximum atomic E-state index is 12.1. The molecule has 0 radical (unpaired) electrons. The van der Waals surface area contributed by atoms with Crippen molar-refractivity contribution in [2.75, 3.05) is 11.9 Å². The van der Waals surface area contributed by atoms with E-state index < -0.39 is 0 Å². The zero-order valence-electron chi connectivity index (χ0n) is 15.3. The first-order valence-corrected chi connectivity index (χ1v) is 8.69. The lowest BCUT2D eigenvalue weighted by Gasteiger charge is -2.08. The second kappa shape index (κ2) is 9.22. The van der Waals surface area contributed by atoms with Gasteiger partial charge in [-0.05, 0) is 48.9 Å². The highest BCUT2D eigenvalue weighted by Crippen LogP contribution is 2.15. The minimum atomic E-state index is -0.365. The van der Waals surface area contributed by atoms with E-state index in [-0.39, 0.29) is 17.6 Å². The average Bonchev–Trinajstić information content (AvgIpc) is 2.74. The van der Waals surface area contributed by atoms with Crippen LogP contribution in [0.5, 0.6) is 0 Å². The molecule has 0 saturated heterocycles. The lowest BCUT2D eigenvalue weighted by molar-refractivity contribution is 0.0526. The van der Waals surface area contributed by atoms with Crippen LogP contribution in [0.2, 0.25) is 0 Å². The van der Waals surface area contributed by atoms with Crippen LogP contribution in [-0.4, -0.2) is 33.4 Å². The highest BCUT2D eigenvalue weighted by atomic mass is 16.5. The van der Waals surface area contributed by atoms with E-state index in [1.165, 1.54) is 12.4 Å². The van der Waals surface area contributed by atoms with E-state index in [9.17, 15) is 9.59 Å². The number of esters is 1. The van der Waals surface area contributed by atoms with Crippen LogP contribution in [0.4, 0.5) is 11.5 Å². The summed E-state index contributed by atoms with van der Waals surface area (Å²) >= 11 is 0. The van der Waals surface area contributed by atoms with Crippen LogP contribution in [0.3, 0.4) is 0 Å². The van der Waals surface area contributed by atoms with E-state index in [0.29, 0.717) is 24.5 Å². The lowest BCUT2D eigenvalue weighted by Crippen LogP contribution is -2.24. The van der Waals surface area contributed by atoms with Crippen molar-refractivity contribution >= 4 is 23.4 Å². The molecule has 3 rings (SSSR count). The van der Waals surface area contributed by atoms with Crippen LogP contribution in [0.1, 0.15) is 33.3 Å². The Hall–Kier alpha value is -3.81. The van der Waals surface area contributed by atoms with E-state index in [1.54, 1.807) is 43.6 Å². The quantitative estimate of drug-likeness (QED) is 0.610. The molecule has 0 unspecified atom stereocenters. The third kappa shape index (κ3) is 5.10. The second-order valence-corrected chi connectivity index (χ2v) is 5.75. The van der Waals surface area contributed by atoms with Gasteiger partial charge in [0, 0.05) is 24.6 Å². The summed E-state index contributed by atoms with van der Waals surface area (Å²) in [6, 6.07) is 10.5. The van der Waals surface area contributed by atoms with Crippen molar-refractivity contribution < 1.29 is 14.3 Å². The SMILES string of the molecule is CCOC(=O)c1ccc(Nc2cnc(C(=O)NCc3ccncc3)cn2)cc1. The zero-order valence-corrected chi connectivity index (χ0v) is 15.3. The van der Waals surface area contributed by atoms with Crippen molar-refractivity contribution in [3.8, 4) is 0 Å². The Bertz CT molecular complexity index is 928. The Morgan fingerprint density at radius 1 is 1.00 bits per heavy atom. The average molecular weight is 377 g/mol. The Kier molecular flexibility index (Phi) is 6.25. The molecular formula is C20H19N5O3. The summed E-state index contributed by atoms with van der Waals surface area (Å²) in [5, 5.41) is 5.84. The van der Waals surface area contributed by atoms with Gasteiger partial charge in [-0.15, -0.1) is 0 Å². The van der Waals surface area contributed by atoms with E-state index in [4.69, 9.17) is 4.74 Å². The Morgan fingerprint density at radius 3 is 2.39 bits per heavy atom. The van der Waals surface area contributed by atoms with Crippen molar-refractivity contribution in [3.05, 3.63) is 78.0 Å². The smallest absolute Gasteiger partial charge is 0.338 e. The summed E-state index contributed by atoms with van der Waals surface area (Å²) in [7, 11) is 0. The molecule has 8 nitrogen and oxygen atoms in total. The summed E-state index contributed by atoms with van der Waals surface area (Å²) in [5.41, 5.74) is 2.37. The number of anilines is 2. The fourth-order valence-corrected chi connectivity index (χ4v) is 2.34. The first kappa shape index (κ1) is 19.0. The van der Waals surface area contributed by atoms with E-state index >= 15 is 0 Å². The molecule has 2 N–H and O–H groups in total. The van der Waals surface area contributed by atoms with Gasteiger partial charge in [0.05, 0.1) is 24.6 Å². The third-order valence-electron chi connectivity index (χ3n) is 3.76. The fourth-order valence-electron chi connectivity index (χ4n) is 2.34. The van der Waals surface area contributed by atoms with Crippen LogP contribution in [-0.2, 0) is 11.3 Å². The number of ether oxygens (including phenoxy) is 1. The number of nitrogens with one attached hydrogen (secondary N) is 2. The van der Waals surface area contributed by atoms with Crippen LogP contribution < -0.4 is 10.6 Å². The topological polar surface area (TPSA) is 106 Å². The largest absolute Gasteiger partial charge is 0.462 e. The normalized spacial score (nSPS) is 10.2. The maximum Gasteiger partial charge on any atom is 0.338 e. The minimum absolute atomic E-state index is 0.220. The van der Waals surface area contributed by atoms with Crippen molar-refractivity contribution in [1.82, 2.24) is 20.3 Å². The molecule has 8 heteroatoms. The van der Waals surface area contributed by atoms with Crippen LogP contribution >= 0.6 is 0 Å². The molecule has 1 amide bonds. The predicted octanol–water partition coefficient (Wildman–Crippen LogP) is 2.72. The third-order valence-corrected chi connectivity index (χ3v) is 3.76. The van der Waals surface area contributed by atoms with Crippen molar-refractivity contribution in [3.63, 3.8) is 0 Å². The number of nitrogens with zero attached hydrogens (tertiary/aromatic N) is 3. The molecule has 0 atom stereocenters. The molecule has 0 spiro atoms. The second-order valence-electron chi connectivity index (χ2n) is 5.75. The fraction of sp³-hybridized carbons (Fsp3) is 0.150. The molecular weight excluding hydrogens is 358 g/mol. The number of amides is 1. The zero-order chi connectivity index (χ0) is 19.8. The number of benzene rings is 1. The number of pyridine rings is 1. The molecule has 0 aliphatic heterocycles. The Morgan fingerprint density at radius 2 is 1.75 bits per heavy atom. The van der Waals surface area contributed by atoms with Gasteiger partial charge >= 0.3 is 5.97 Å². The summed E-state index contributed by atoms with van der Waals surface area (Å²) in [6.45, 7) is 2.47. The van der Waals surface area contributed by atoms with Gasteiger partial charge in [0.2, 0.25) is 0 Å². The van der Waals surface area contributed by atoms with Crippen LogP contribution in [0.25, 0.3) is 0 Å². The molecule has 28 heavy (non-hydrogen) atoms. The molecule has 0 aliphatic carbocycles. The number of hydrogen-bond donors (Lipinski definition) is 2. The van der Waals surface area contributed by atoms with Crippen molar-refractivity contribution in [2.24, 2.45) is 0 Å². The maximum absolute atomic E-state index is 12.1. The summed E-state index contributed by atoms with van der Waals surface area (Å²) < 4.78 is 4.95. The lowest BCUT2D eigenvalue weighted by atomic mass is 10.2. The van der Waals surface area contributed by atoms with Gasteiger partial charge in [0.15, 0.2) is 0 Å². The Labute approximate surface area is 162 Å². The number of carbonyl (C=O) groups excluding carboxylic acids is 2. The number of hydrogen-bond acceptors (Lipinski definition) is 7.